The van der Waals surface area contributed by atoms with Crippen LogP contribution in [-0.2, 0) is 4.66 Å². The number of fused-ring (bicyclic) bond motifs is 10. The van der Waals surface area contributed by atoms with Crippen molar-refractivity contribution >= 4 is 95.9 Å². The summed E-state index contributed by atoms with van der Waals surface area (Å²) < 4.78 is -0.136. The molecule has 0 saturated carbocycles. The lowest BCUT2D eigenvalue weighted by Gasteiger charge is -2.52. The van der Waals surface area contributed by atoms with E-state index in [1.165, 1.54) is 88.2 Å². The predicted molar refractivity (Wildman–Crippen MR) is 289 cm³/mol. The van der Waals surface area contributed by atoms with E-state index in [1.807, 2.05) is 0 Å². The van der Waals surface area contributed by atoms with Crippen molar-refractivity contribution in [1.82, 2.24) is 0 Å². The van der Waals surface area contributed by atoms with E-state index in [1.54, 1.807) is 5.56 Å². The van der Waals surface area contributed by atoms with E-state index in [9.17, 15) is 0 Å². The Labute approximate surface area is 383 Å². The molecule has 64 heavy (non-hydrogen) atoms. The minimum atomic E-state index is -2.17. The van der Waals surface area contributed by atoms with E-state index in [4.69, 9.17) is 0 Å². The van der Waals surface area contributed by atoms with Gasteiger partial charge in [-0.25, -0.2) is 0 Å². The normalized spacial score (nSPS) is 13.6. The van der Waals surface area contributed by atoms with Crippen molar-refractivity contribution < 1.29 is 0 Å². The molecule has 318 valence electrons. The lowest BCUT2D eigenvalue weighted by Crippen LogP contribution is -2.63. The smallest absolute Gasteiger partial charge is 0.0803 e. The summed E-state index contributed by atoms with van der Waals surface area (Å²) >= 11 is 0. The predicted octanol–water partition coefficient (Wildman–Crippen LogP) is 17.0. The van der Waals surface area contributed by atoms with Gasteiger partial charge in [-0.05, 0) is 121 Å². The van der Waals surface area contributed by atoms with Crippen LogP contribution in [0.2, 0.25) is 58.9 Å². The molecule has 0 N–H and O–H groups in total. The zero-order valence-electron chi connectivity index (χ0n) is 39.2. The summed E-state index contributed by atoms with van der Waals surface area (Å²) in [6.45, 7) is 25.7. The molecule has 1 aliphatic rings. The molecule has 0 spiro atoms. The van der Waals surface area contributed by atoms with Crippen molar-refractivity contribution in [1.29, 1.82) is 0 Å². The first-order valence-corrected chi connectivity index (χ1v) is 33.5. The number of hydrogen-bond acceptors (Lipinski definition) is 2. The van der Waals surface area contributed by atoms with Gasteiger partial charge in [0.1, 0.15) is 0 Å². The van der Waals surface area contributed by atoms with E-state index in [2.05, 4.69) is 258 Å². The zero-order chi connectivity index (χ0) is 44.8. The molecule has 0 unspecified atom stereocenters. The molecule has 2 nitrogen and oxygen atoms in total. The van der Waals surface area contributed by atoms with Crippen LogP contribution >= 0.6 is 0 Å². The number of anilines is 6. The summed E-state index contributed by atoms with van der Waals surface area (Å²) in [7, 11) is -6.13. The third-order valence-electron chi connectivity index (χ3n) is 14.1. The molecule has 0 heterocycles. The Balaban J connectivity index is 1.36. The van der Waals surface area contributed by atoms with Gasteiger partial charge in [-0.1, -0.05) is 186 Å². The van der Waals surface area contributed by atoms with Gasteiger partial charge in [0.05, 0.1) is 29.9 Å². The third-order valence-corrected chi connectivity index (χ3v) is 26.2. The van der Waals surface area contributed by atoms with Gasteiger partial charge in [-0.3, -0.25) is 0 Å². The molecule has 0 fully saturated rings. The molecule has 10 rings (SSSR count). The summed E-state index contributed by atoms with van der Waals surface area (Å²) in [4.78, 5) is 5.07. The van der Waals surface area contributed by atoms with Gasteiger partial charge in [-0.2, -0.15) is 0 Å². The van der Waals surface area contributed by atoms with Gasteiger partial charge in [0.2, 0.25) is 0 Å². The highest BCUT2D eigenvalue weighted by Gasteiger charge is 2.60. The second-order valence-electron chi connectivity index (χ2n) is 21.0. The molecule has 0 amide bonds. The molecule has 0 aliphatic heterocycles. The molecule has 9 aromatic rings. The number of nitrogens with zero attached hydrogens (tertiary/aromatic N) is 2. The molecular formula is C59H60N2Si3. The largest absolute Gasteiger partial charge is 0.310 e. The average molecular weight is 881 g/mol. The van der Waals surface area contributed by atoms with E-state index in [0.717, 1.165) is 5.69 Å². The maximum atomic E-state index is 2.70. The third kappa shape index (κ3) is 6.38. The SMILES string of the molecule is Cc1ccccc1N(c1ccccc1)c1ccc2c3c(c4ccccc4c2c1)-c1c(cc(N(c2ccccc2)c2ccccc2[Si](C)(C)C)c2ccccc12)C3([Si](C)(C)C)[Si](C)(C)C. The minimum absolute atomic E-state index is 0.136. The lowest BCUT2D eigenvalue weighted by atomic mass is 9.89. The summed E-state index contributed by atoms with van der Waals surface area (Å²) in [6.07, 6.45) is 0. The number of aryl methyl sites for hydroxylation is 1. The van der Waals surface area contributed by atoms with Crippen LogP contribution in [0, 0.1) is 6.92 Å². The van der Waals surface area contributed by atoms with E-state index < -0.39 is 24.2 Å². The van der Waals surface area contributed by atoms with E-state index >= 15 is 0 Å². The lowest BCUT2D eigenvalue weighted by molar-refractivity contribution is 0.963. The fraction of sp³-hybridized carbons (Fsp3) is 0.186. The molecule has 0 radical (unpaired) electrons. The molecule has 0 atom stereocenters. The number of rotatable bonds is 9. The first kappa shape index (κ1) is 42.0. The highest BCUT2D eigenvalue weighted by Crippen LogP contribution is 2.64. The van der Waals surface area contributed by atoms with Crippen LogP contribution in [-0.4, -0.2) is 24.2 Å². The average Bonchev–Trinajstić information content (AvgIpc) is 3.62. The molecular weight excluding hydrogens is 821 g/mol. The zero-order valence-corrected chi connectivity index (χ0v) is 42.2. The number of para-hydroxylation sites is 4. The Morgan fingerprint density at radius 2 is 0.859 bits per heavy atom. The number of hydrogen-bond donors (Lipinski definition) is 0. The van der Waals surface area contributed by atoms with Crippen LogP contribution in [0.25, 0.3) is 43.4 Å². The Bertz CT molecular complexity index is 3230. The van der Waals surface area contributed by atoms with Gasteiger partial charge in [0, 0.05) is 38.5 Å². The summed E-state index contributed by atoms with van der Waals surface area (Å²) in [5, 5.41) is 9.49. The van der Waals surface area contributed by atoms with Crippen LogP contribution < -0.4 is 15.0 Å². The Hall–Kier alpha value is -5.99. The van der Waals surface area contributed by atoms with Crippen LogP contribution in [0.5, 0.6) is 0 Å². The Kier molecular flexibility index (Phi) is 10.1. The maximum absolute atomic E-state index is 2.70. The van der Waals surface area contributed by atoms with Crippen LogP contribution in [0.4, 0.5) is 34.1 Å². The van der Waals surface area contributed by atoms with Crippen LogP contribution in [0.3, 0.4) is 0 Å². The van der Waals surface area contributed by atoms with Gasteiger partial charge in [0.15, 0.2) is 0 Å². The molecule has 5 heteroatoms. The fourth-order valence-corrected chi connectivity index (χ4v) is 26.6. The first-order valence-electron chi connectivity index (χ1n) is 23.0. The quantitative estimate of drug-likeness (QED) is 0.105. The van der Waals surface area contributed by atoms with Gasteiger partial charge >= 0.3 is 0 Å². The molecule has 0 bridgehead atoms. The summed E-state index contributed by atoms with van der Waals surface area (Å²) in [5.74, 6) is 0. The van der Waals surface area contributed by atoms with Crippen molar-refractivity contribution in [3.05, 3.63) is 199 Å². The highest BCUT2D eigenvalue weighted by atomic mass is 28.4. The van der Waals surface area contributed by atoms with Gasteiger partial charge < -0.3 is 9.80 Å². The summed E-state index contributed by atoms with van der Waals surface area (Å²) in [5.41, 5.74) is 14.5. The fourth-order valence-electron chi connectivity index (χ4n) is 12.0. The van der Waals surface area contributed by atoms with Gasteiger partial charge in [0.25, 0.3) is 0 Å². The molecule has 0 saturated heterocycles. The van der Waals surface area contributed by atoms with Crippen LogP contribution in [0.1, 0.15) is 16.7 Å². The standard InChI is InChI=1S/C59H60N2Si3/c1-41-25-17-22-34-52(41)60(42-26-13-11-14-27-42)44-37-38-49-50(39-44)45-30-18-20-32-47(45)57-56-48-33-21-19-31-46(48)54(40-51(56)59(58(49)57,63(5,6)7)64(8,9)10)61(43-28-15-12-16-29-43)53-35-23-24-36-55(53)62(2,3)4/h11-40H,1-10H3. The van der Waals surface area contributed by atoms with Crippen molar-refractivity contribution in [2.75, 3.05) is 9.80 Å². The molecule has 1 aliphatic carbocycles. The van der Waals surface area contributed by atoms with Crippen LogP contribution in [0.15, 0.2) is 182 Å². The van der Waals surface area contributed by atoms with E-state index in [-0.39, 0.29) is 4.66 Å². The second kappa shape index (κ2) is 15.3. The summed E-state index contributed by atoms with van der Waals surface area (Å²) in [6, 6.07) is 68.8. The maximum Gasteiger partial charge on any atom is 0.0803 e. The minimum Gasteiger partial charge on any atom is -0.310 e. The first-order chi connectivity index (χ1) is 30.6. The molecule has 0 aromatic heterocycles. The van der Waals surface area contributed by atoms with Crippen molar-refractivity contribution in [2.24, 2.45) is 0 Å². The Morgan fingerprint density at radius 1 is 0.359 bits per heavy atom. The van der Waals surface area contributed by atoms with Crippen molar-refractivity contribution in [3.63, 3.8) is 0 Å². The monoisotopic (exact) mass is 880 g/mol. The highest BCUT2D eigenvalue weighted by molar-refractivity contribution is 7.00. The molecule has 9 aromatic carbocycles. The topological polar surface area (TPSA) is 6.48 Å². The number of benzene rings is 9. The Morgan fingerprint density at radius 3 is 1.45 bits per heavy atom. The van der Waals surface area contributed by atoms with E-state index in [0.29, 0.717) is 0 Å². The van der Waals surface area contributed by atoms with Crippen molar-refractivity contribution in [2.45, 2.75) is 70.5 Å². The van der Waals surface area contributed by atoms with Gasteiger partial charge in [-0.15, -0.1) is 0 Å². The second-order valence-corrected chi connectivity index (χ2v) is 37.1. The van der Waals surface area contributed by atoms with Crippen molar-refractivity contribution in [3.8, 4) is 11.1 Å².